The van der Waals surface area contributed by atoms with Gasteiger partial charge >= 0.3 is 0 Å². The van der Waals surface area contributed by atoms with Gasteiger partial charge in [0.2, 0.25) is 11.1 Å². The van der Waals surface area contributed by atoms with E-state index in [-0.39, 0.29) is 16.6 Å². The Morgan fingerprint density at radius 3 is 2.42 bits per heavy atom. The predicted molar refractivity (Wildman–Crippen MR) is 98.6 cm³/mol. The van der Waals surface area contributed by atoms with Crippen molar-refractivity contribution >= 4 is 23.4 Å². The molecule has 3 N–H and O–H groups in total. The van der Waals surface area contributed by atoms with E-state index in [0.29, 0.717) is 11.0 Å². The van der Waals surface area contributed by atoms with Crippen LogP contribution in [0.4, 0.5) is 5.69 Å². The van der Waals surface area contributed by atoms with Gasteiger partial charge in [-0.2, -0.15) is 0 Å². The van der Waals surface area contributed by atoms with Crippen molar-refractivity contribution in [2.45, 2.75) is 56.9 Å². The van der Waals surface area contributed by atoms with Gasteiger partial charge in [0.05, 0.1) is 5.25 Å². The Labute approximate surface area is 147 Å². The maximum atomic E-state index is 12.4. The van der Waals surface area contributed by atoms with Crippen molar-refractivity contribution in [3.8, 4) is 0 Å². The summed E-state index contributed by atoms with van der Waals surface area (Å²) in [5.41, 5.74) is 1.82. The fraction of sp³-hybridized carbons (Fsp3) is 0.471. The molecule has 0 saturated carbocycles. The minimum absolute atomic E-state index is 0.0930. The Morgan fingerprint density at radius 2 is 1.92 bits per heavy atom. The lowest BCUT2D eigenvalue weighted by atomic mass is 9.96. The minimum atomic E-state index is -0.338. The molecule has 0 radical (unpaired) electrons. The summed E-state index contributed by atoms with van der Waals surface area (Å²) < 4.78 is 1.46. The minimum Gasteiger partial charge on any atom is -0.336 e. The van der Waals surface area contributed by atoms with Gasteiger partial charge in [-0.25, -0.2) is 4.68 Å². The number of nitrogens with zero attached hydrogens (tertiary/aromatic N) is 3. The summed E-state index contributed by atoms with van der Waals surface area (Å²) in [4.78, 5) is 12.4. The summed E-state index contributed by atoms with van der Waals surface area (Å²) >= 11 is 1.29. The maximum Gasteiger partial charge on any atom is 0.237 e. The number of nitrogen functional groups attached to an aromatic ring is 1. The number of benzene rings is 1. The third kappa shape index (κ3) is 4.29. The molecule has 6 nitrogen and oxygen atoms in total. The van der Waals surface area contributed by atoms with E-state index in [9.17, 15) is 4.79 Å². The lowest BCUT2D eigenvalue weighted by Crippen LogP contribution is -2.26. The zero-order valence-electron chi connectivity index (χ0n) is 14.8. The normalized spacial score (nSPS) is 12.9. The van der Waals surface area contributed by atoms with Crippen molar-refractivity contribution in [3.05, 3.63) is 35.7 Å². The second-order valence-corrected chi connectivity index (χ2v) is 8.03. The molecule has 7 heteroatoms. The quantitative estimate of drug-likeness (QED) is 0.641. The summed E-state index contributed by atoms with van der Waals surface area (Å²) in [6, 6.07) is 7.85. The number of amides is 1. The van der Waals surface area contributed by atoms with E-state index in [1.165, 1.54) is 22.0 Å². The number of nitrogens with one attached hydrogen (secondary N) is 1. The summed E-state index contributed by atoms with van der Waals surface area (Å²) in [6.45, 7) is 9.98. The molecule has 130 valence electrons. The molecule has 2 aromatic rings. The molecule has 0 aliphatic heterocycles. The number of anilines is 1. The number of carbonyl (C=O) groups excluding carboxylic acids is 1. The number of rotatable bonds is 5. The number of aryl methyl sites for hydroxylation is 1. The lowest BCUT2D eigenvalue weighted by molar-refractivity contribution is -0.115. The average Bonchev–Trinajstić information content (AvgIpc) is 2.89. The smallest absolute Gasteiger partial charge is 0.237 e. The molecule has 0 spiro atoms. The first-order valence-electron chi connectivity index (χ1n) is 7.99. The molecule has 0 bridgehead atoms. The van der Waals surface area contributed by atoms with Gasteiger partial charge in [-0.05, 0) is 31.0 Å². The van der Waals surface area contributed by atoms with Crippen molar-refractivity contribution in [1.82, 2.24) is 14.9 Å². The molecule has 0 fully saturated rings. The number of hydrogen-bond acceptors (Lipinski definition) is 5. The topological polar surface area (TPSA) is 85.8 Å². The van der Waals surface area contributed by atoms with Crippen molar-refractivity contribution < 1.29 is 4.79 Å². The third-order valence-corrected chi connectivity index (χ3v) is 4.67. The van der Waals surface area contributed by atoms with E-state index in [4.69, 9.17) is 5.84 Å². The summed E-state index contributed by atoms with van der Waals surface area (Å²) in [5.74, 6) is 6.66. The van der Waals surface area contributed by atoms with Crippen molar-refractivity contribution in [2.24, 2.45) is 0 Å². The number of carbonyl (C=O) groups is 1. The van der Waals surface area contributed by atoms with Crippen LogP contribution in [0.2, 0.25) is 0 Å². The molecular formula is C17H25N5OS. The highest BCUT2D eigenvalue weighted by Gasteiger charge is 2.25. The average molecular weight is 347 g/mol. The summed E-state index contributed by atoms with van der Waals surface area (Å²) in [6.07, 6.45) is 0.975. The number of aromatic nitrogens is 3. The first-order valence-corrected chi connectivity index (χ1v) is 8.87. The predicted octanol–water partition coefficient (Wildman–Crippen LogP) is 2.97. The first kappa shape index (κ1) is 18.3. The van der Waals surface area contributed by atoms with Gasteiger partial charge in [-0.1, -0.05) is 51.6 Å². The van der Waals surface area contributed by atoms with Gasteiger partial charge in [0, 0.05) is 11.1 Å². The van der Waals surface area contributed by atoms with Crippen LogP contribution in [-0.4, -0.2) is 26.0 Å². The summed E-state index contributed by atoms with van der Waals surface area (Å²) in [7, 11) is 0. The highest BCUT2D eigenvalue weighted by molar-refractivity contribution is 8.00. The van der Waals surface area contributed by atoms with Gasteiger partial charge in [0.25, 0.3) is 0 Å². The highest BCUT2D eigenvalue weighted by atomic mass is 32.2. The van der Waals surface area contributed by atoms with E-state index in [0.717, 1.165) is 12.1 Å². The van der Waals surface area contributed by atoms with E-state index in [1.807, 2.05) is 52.0 Å². The summed E-state index contributed by atoms with van der Waals surface area (Å²) in [5, 5.41) is 11.3. The Bertz CT molecular complexity index is 703. The number of nitrogens with two attached hydrogens (primary N) is 1. The first-order chi connectivity index (χ1) is 11.2. The van der Waals surface area contributed by atoms with Crippen LogP contribution in [0, 0.1) is 0 Å². The third-order valence-electron chi connectivity index (χ3n) is 3.62. The fourth-order valence-corrected chi connectivity index (χ4v) is 2.92. The number of thioether (sulfide) groups is 1. The molecule has 1 atom stereocenters. The molecule has 1 unspecified atom stereocenters. The Hall–Kier alpha value is -2.02. The fourth-order valence-electron chi connectivity index (χ4n) is 2.15. The Morgan fingerprint density at radius 1 is 1.29 bits per heavy atom. The highest BCUT2D eigenvalue weighted by Crippen LogP contribution is 2.26. The molecule has 1 amide bonds. The second kappa shape index (κ2) is 7.25. The van der Waals surface area contributed by atoms with Gasteiger partial charge in [0.1, 0.15) is 0 Å². The Balaban J connectivity index is 2.02. The van der Waals surface area contributed by atoms with Crippen molar-refractivity contribution in [2.75, 3.05) is 11.2 Å². The second-order valence-electron chi connectivity index (χ2n) is 6.73. The van der Waals surface area contributed by atoms with E-state index >= 15 is 0 Å². The lowest BCUT2D eigenvalue weighted by Gasteiger charge is -2.17. The molecule has 1 aromatic carbocycles. The van der Waals surface area contributed by atoms with E-state index < -0.39 is 0 Å². The van der Waals surface area contributed by atoms with E-state index in [2.05, 4.69) is 22.4 Å². The standard InChI is InChI=1S/C17H25N5OS/c1-6-12-7-9-13(10-8-12)19-14(23)11(2)24-16-21-20-15(22(16)18)17(3,4)5/h7-11H,6,18H2,1-5H3,(H,19,23). The van der Waals surface area contributed by atoms with Crippen LogP contribution in [-0.2, 0) is 16.6 Å². The zero-order valence-corrected chi connectivity index (χ0v) is 15.6. The van der Waals surface area contributed by atoms with E-state index in [1.54, 1.807) is 0 Å². The van der Waals surface area contributed by atoms with Gasteiger partial charge in [-0.3, -0.25) is 4.79 Å². The van der Waals surface area contributed by atoms with Crippen LogP contribution >= 0.6 is 11.8 Å². The number of hydrogen-bond donors (Lipinski definition) is 2. The maximum absolute atomic E-state index is 12.4. The van der Waals surface area contributed by atoms with Crippen molar-refractivity contribution in [1.29, 1.82) is 0 Å². The van der Waals surface area contributed by atoms with Crippen molar-refractivity contribution in [3.63, 3.8) is 0 Å². The molecular weight excluding hydrogens is 322 g/mol. The van der Waals surface area contributed by atoms with Crippen LogP contribution in [0.1, 0.15) is 46.0 Å². The molecule has 1 aromatic heterocycles. The van der Waals surface area contributed by atoms with Crippen LogP contribution < -0.4 is 11.2 Å². The van der Waals surface area contributed by atoms with Gasteiger partial charge in [0.15, 0.2) is 5.82 Å². The Kier molecular flexibility index (Phi) is 5.54. The SMILES string of the molecule is CCc1ccc(NC(=O)C(C)Sc2nnc(C(C)(C)C)n2N)cc1. The molecule has 0 aliphatic carbocycles. The van der Waals surface area contributed by atoms with Gasteiger partial charge < -0.3 is 11.2 Å². The van der Waals surface area contributed by atoms with Crippen LogP contribution in [0.5, 0.6) is 0 Å². The van der Waals surface area contributed by atoms with Crippen LogP contribution in [0.15, 0.2) is 29.4 Å². The molecule has 1 heterocycles. The van der Waals surface area contributed by atoms with Gasteiger partial charge in [-0.15, -0.1) is 10.2 Å². The molecule has 0 saturated heterocycles. The largest absolute Gasteiger partial charge is 0.336 e. The zero-order chi connectivity index (χ0) is 17.9. The molecule has 2 rings (SSSR count). The molecule has 24 heavy (non-hydrogen) atoms. The molecule has 0 aliphatic rings. The van der Waals surface area contributed by atoms with Crippen LogP contribution in [0.3, 0.4) is 0 Å². The monoisotopic (exact) mass is 347 g/mol. The van der Waals surface area contributed by atoms with Crippen LogP contribution in [0.25, 0.3) is 0 Å².